The molecular formula is C36H24BNO3. The fraction of sp³-hybridized carbons (Fsp3) is 0. The number of hydrogen-bond donors (Lipinski definition) is 2. The first-order valence-electron chi connectivity index (χ1n) is 13.7. The highest BCUT2D eigenvalue weighted by molar-refractivity contribution is 6.61. The summed E-state index contributed by atoms with van der Waals surface area (Å²) in [6.07, 6.45) is 0. The number of para-hydroxylation sites is 2. The van der Waals surface area contributed by atoms with Gasteiger partial charge in [-0.2, -0.15) is 0 Å². The van der Waals surface area contributed by atoms with Gasteiger partial charge in [-0.3, -0.25) is 0 Å². The number of rotatable bonds is 4. The largest absolute Gasteiger partial charge is 0.492 e. The van der Waals surface area contributed by atoms with Crippen LogP contribution in [-0.2, 0) is 0 Å². The molecule has 0 aliphatic rings. The van der Waals surface area contributed by atoms with Crippen LogP contribution in [0.5, 0.6) is 0 Å². The van der Waals surface area contributed by atoms with Crippen LogP contribution in [0, 0.1) is 0 Å². The number of hydrogen-bond acceptors (Lipinski definition) is 3. The van der Waals surface area contributed by atoms with E-state index in [1.165, 1.54) is 11.1 Å². The van der Waals surface area contributed by atoms with Crippen LogP contribution in [0.15, 0.2) is 138 Å². The van der Waals surface area contributed by atoms with Crippen molar-refractivity contribution in [3.8, 4) is 27.9 Å². The second-order valence-electron chi connectivity index (χ2n) is 10.4. The van der Waals surface area contributed by atoms with Crippen LogP contribution < -0.4 is 5.46 Å². The third-order valence-electron chi connectivity index (χ3n) is 8.03. The van der Waals surface area contributed by atoms with Gasteiger partial charge in [0.2, 0.25) is 0 Å². The predicted molar refractivity (Wildman–Crippen MR) is 169 cm³/mol. The SMILES string of the molecule is OB(O)c1cccc2c1oc1c(-n3c4ccc(-c5ccccc5)cc4c4cc(-c5ccccc5)ccc43)cccc12. The van der Waals surface area contributed by atoms with Crippen molar-refractivity contribution in [3.05, 3.63) is 133 Å². The molecule has 0 bridgehead atoms. The molecule has 2 heterocycles. The summed E-state index contributed by atoms with van der Waals surface area (Å²) in [5.74, 6) is 0. The van der Waals surface area contributed by atoms with Gasteiger partial charge in [0.1, 0.15) is 5.58 Å². The van der Waals surface area contributed by atoms with Gasteiger partial charge in [-0.1, -0.05) is 103 Å². The Morgan fingerprint density at radius 1 is 0.463 bits per heavy atom. The minimum Gasteiger partial charge on any atom is -0.454 e. The Morgan fingerprint density at radius 3 is 1.56 bits per heavy atom. The molecule has 2 N–H and O–H groups in total. The van der Waals surface area contributed by atoms with Gasteiger partial charge >= 0.3 is 7.12 Å². The molecule has 2 aromatic heterocycles. The van der Waals surface area contributed by atoms with Crippen LogP contribution >= 0.6 is 0 Å². The van der Waals surface area contributed by atoms with E-state index in [1.807, 2.05) is 36.4 Å². The van der Waals surface area contributed by atoms with Crippen molar-refractivity contribution in [1.29, 1.82) is 0 Å². The zero-order valence-corrected chi connectivity index (χ0v) is 22.0. The lowest BCUT2D eigenvalue weighted by molar-refractivity contribution is 0.425. The summed E-state index contributed by atoms with van der Waals surface area (Å²) in [5.41, 5.74) is 9.24. The monoisotopic (exact) mass is 529 g/mol. The highest BCUT2D eigenvalue weighted by Gasteiger charge is 2.22. The van der Waals surface area contributed by atoms with Crippen LogP contribution in [-0.4, -0.2) is 21.7 Å². The smallest absolute Gasteiger partial charge is 0.454 e. The Hall–Kier alpha value is -5.10. The zero-order chi connectivity index (χ0) is 27.5. The van der Waals surface area contributed by atoms with Gasteiger partial charge in [-0.25, -0.2) is 0 Å². The molecule has 6 aromatic carbocycles. The maximum atomic E-state index is 10.0. The van der Waals surface area contributed by atoms with E-state index in [0.717, 1.165) is 49.4 Å². The average molecular weight is 529 g/mol. The minimum atomic E-state index is -1.62. The van der Waals surface area contributed by atoms with Crippen molar-refractivity contribution < 1.29 is 14.5 Å². The molecule has 0 amide bonds. The Kier molecular flexibility index (Phi) is 5.35. The lowest BCUT2D eigenvalue weighted by atomic mass is 9.79. The van der Waals surface area contributed by atoms with Crippen molar-refractivity contribution in [2.75, 3.05) is 0 Å². The van der Waals surface area contributed by atoms with E-state index in [-0.39, 0.29) is 0 Å². The minimum absolute atomic E-state index is 0.354. The molecular weight excluding hydrogens is 505 g/mol. The fourth-order valence-electron chi connectivity index (χ4n) is 6.11. The molecule has 0 aliphatic heterocycles. The summed E-state index contributed by atoms with van der Waals surface area (Å²) in [6.45, 7) is 0. The van der Waals surface area contributed by atoms with Crippen LogP contribution in [0.25, 0.3) is 71.7 Å². The van der Waals surface area contributed by atoms with Gasteiger partial charge in [0.05, 0.1) is 16.7 Å². The van der Waals surface area contributed by atoms with E-state index < -0.39 is 7.12 Å². The first-order chi connectivity index (χ1) is 20.2. The van der Waals surface area contributed by atoms with E-state index >= 15 is 0 Å². The second kappa shape index (κ2) is 9.24. The molecule has 4 nitrogen and oxygen atoms in total. The summed E-state index contributed by atoms with van der Waals surface area (Å²) >= 11 is 0. The summed E-state index contributed by atoms with van der Waals surface area (Å²) in [7, 11) is -1.62. The highest BCUT2D eigenvalue weighted by atomic mass is 16.4. The van der Waals surface area contributed by atoms with Crippen LogP contribution in [0.1, 0.15) is 0 Å². The van der Waals surface area contributed by atoms with Crippen molar-refractivity contribution >= 4 is 56.3 Å². The number of fused-ring (bicyclic) bond motifs is 6. The molecule has 0 radical (unpaired) electrons. The van der Waals surface area contributed by atoms with Crippen LogP contribution in [0.2, 0.25) is 0 Å². The standard InChI is InChI=1S/C36H24BNO3/c39-37(40)31-15-7-13-27-28-14-8-16-34(36(28)41-35(27)31)38-32-19-17-25(23-9-3-1-4-10-23)21-29(32)30-22-26(18-20-33(30)38)24-11-5-2-6-12-24/h1-22,39-40H. The van der Waals surface area contributed by atoms with Gasteiger partial charge in [-0.15, -0.1) is 0 Å². The maximum absolute atomic E-state index is 10.0. The first-order valence-corrected chi connectivity index (χ1v) is 13.7. The van der Waals surface area contributed by atoms with E-state index in [9.17, 15) is 10.0 Å². The van der Waals surface area contributed by atoms with Gasteiger partial charge in [0, 0.05) is 27.0 Å². The molecule has 0 unspecified atom stereocenters. The van der Waals surface area contributed by atoms with Gasteiger partial charge in [0.15, 0.2) is 5.58 Å². The van der Waals surface area contributed by atoms with Crippen LogP contribution in [0.4, 0.5) is 0 Å². The second-order valence-corrected chi connectivity index (χ2v) is 10.4. The topological polar surface area (TPSA) is 58.5 Å². The third kappa shape index (κ3) is 3.71. The molecule has 0 saturated carbocycles. The van der Waals surface area contributed by atoms with Gasteiger partial charge < -0.3 is 19.0 Å². The number of benzene rings is 6. The average Bonchev–Trinajstić information content (AvgIpc) is 3.57. The predicted octanol–water partition coefficient (Wildman–Crippen LogP) is 7.70. The normalized spacial score (nSPS) is 11.7. The maximum Gasteiger partial charge on any atom is 0.492 e. The number of nitrogens with zero attached hydrogens (tertiary/aromatic N) is 1. The van der Waals surface area contributed by atoms with E-state index in [4.69, 9.17) is 4.42 Å². The highest BCUT2D eigenvalue weighted by Crippen LogP contribution is 2.40. The van der Waals surface area contributed by atoms with Crippen molar-refractivity contribution in [1.82, 2.24) is 4.57 Å². The quantitative estimate of drug-likeness (QED) is 0.230. The van der Waals surface area contributed by atoms with Crippen molar-refractivity contribution in [2.24, 2.45) is 0 Å². The van der Waals surface area contributed by atoms with E-state index in [2.05, 4.69) is 95.6 Å². The molecule has 41 heavy (non-hydrogen) atoms. The summed E-state index contributed by atoms with van der Waals surface area (Å²) in [6, 6.07) is 45.7. The Labute approximate surface area is 236 Å². The summed E-state index contributed by atoms with van der Waals surface area (Å²) < 4.78 is 8.70. The lowest BCUT2D eigenvalue weighted by Crippen LogP contribution is -2.29. The molecule has 5 heteroatoms. The lowest BCUT2D eigenvalue weighted by Gasteiger charge is -2.09. The molecule has 0 atom stereocenters. The van der Waals surface area contributed by atoms with E-state index in [0.29, 0.717) is 16.6 Å². The Morgan fingerprint density at radius 2 is 1.00 bits per heavy atom. The molecule has 0 fully saturated rings. The molecule has 0 spiro atoms. The first kappa shape index (κ1) is 23.8. The van der Waals surface area contributed by atoms with Crippen LogP contribution in [0.3, 0.4) is 0 Å². The Balaban J connectivity index is 1.46. The van der Waals surface area contributed by atoms with Crippen molar-refractivity contribution in [3.63, 3.8) is 0 Å². The summed E-state index contributed by atoms with van der Waals surface area (Å²) in [4.78, 5) is 0. The molecule has 0 saturated heterocycles. The molecule has 0 aliphatic carbocycles. The third-order valence-corrected chi connectivity index (χ3v) is 8.03. The fourth-order valence-corrected chi connectivity index (χ4v) is 6.11. The van der Waals surface area contributed by atoms with Gasteiger partial charge in [-0.05, 0) is 52.6 Å². The van der Waals surface area contributed by atoms with Gasteiger partial charge in [0.25, 0.3) is 0 Å². The summed E-state index contributed by atoms with van der Waals surface area (Å²) in [5, 5.41) is 24.1. The number of furan rings is 1. The Bertz CT molecular complexity index is 2130. The van der Waals surface area contributed by atoms with E-state index in [1.54, 1.807) is 6.07 Å². The van der Waals surface area contributed by atoms with Crippen molar-refractivity contribution in [2.45, 2.75) is 0 Å². The molecule has 8 aromatic rings. The molecule has 8 rings (SSSR count). The number of aromatic nitrogens is 1. The molecule has 194 valence electrons. The zero-order valence-electron chi connectivity index (χ0n) is 22.0.